The van der Waals surface area contributed by atoms with Gasteiger partial charge < -0.3 is 10.8 Å². The van der Waals surface area contributed by atoms with E-state index in [2.05, 4.69) is 0 Å². The van der Waals surface area contributed by atoms with Crippen molar-refractivity contribution in [3.05, 3.63) is 29.8 Å². The van der Waals surface area contributed by atoms with Crippen LogP contribution in [0.5, 0.6) is 0 Å². The molecule has 0 bridgehead atoms. The number of rotatable bonds is 5. The molecular formula is C10H11F3N2O4S. The predicted molar refractivity (Wildman–Crippen MR) is 62.2 cm³/mol. The van der Waals surface area contributed by atoms with Crippen molar-refractivity contribution in [2.24, 2.45) is 5.73 Å². The van der Waals surface area contributed by atoms with Crippen molar-refractivity contribution in [1.82, 2.24) is 4.72 Å². The Morgan fingerprint density at radius 3 is 2.35 bits per heavy atom. The van der Waals surface area contributed by atoms with Crippen LogP contribution < -0.4 is 10.5 Å². The van der Waals surface area contributed by atoms with Crippen molar-refractivity contribution < 1.29 is 31.5 Å². The molecule has 0 radical (unpaired) electrons. The maximum absolute atomic E-state index is 12.7. The van der Waals surface area contributed by atoms with Crippen LogP contribution in [0.25, 0.3) is 0 Å². The fourth-order valence-corrected chi connectivity index (χ4v) is 2.81. The number of hydrogen-bond acceptors (Lipinski definition) is 4. The lowest BCUT2D eigenvalue weighted by Gasteiger charge is -2.16. The number of benzene rings is 1. The van der Waals surface area contributed by atoms with Gasteiger partial charge >= 0.3 is 12.1 Å². The SMILES string of the molecule is NCC(NS(=O)(=O)c1ccccc1C(F)(F)F)C(=O)O. The second-order valence-corrected chi connectivity index (χ2v) is 5.42. The van der Waals surface area contributed by atoms with E-state index in [9.17, 15) is 26.4 Å². The van der Waals surface area contributed by atoms with E-state index in [4.69, 9.17) is 10.8 Å². The second-order valence-electron chi connectivity index (χ2n) is 3.74. The highest BCUT2D eigenvalue weighted by Gasteiger charge is 2.37. The van der Waals surface area contributed by atoms with Crippen LogP contribution in [0, 0.1) is 0 Å². The standard InChI is InChI=1S/C10H11F3N2O4S/c11-10(12,13)6-3-1-2-4-8(6)20(18,19)15-7(5-14)9(16)17/h1-4,7,15H,5,14H2,(H,16,17). The molecule has 0 aliphatic heterocycles. The summed E-state index contributed by atoms with van der Waals surface area (Å²) in [6.07, 6.45) is -4.88. The van der Waals surface area contributed by atoms with Gasteiger partial charge in [0.25, 0.3) is 0 Å². The van der Waals surface area contributed by atoms with E-state index in [0.29, 0.717) is 6.07 Å². The van der Waals surface area contributed by atoms with Gasteiger partial charge in [-0.3, -0.25) is 4.79 Å². The van der Waals surface area contributed by atoms with E-state index in [1.165, 1.54) is 0 Å². The van der Waals surface area contributed by atoms with Gasteiger partial charge in [-0.1, -0.05) is 12.1 Å². The van der Waals surface area contributed by atoms with E-state index in [1.54, 1.807) is 4.72 Å². The molecule has 0 aliphatic rings. The molecule has 0 heterocycles. The normalized spacial score (nSPS) is 14.0. The maximum atomic E-state index is 12.7. The van der Waals surface area contributed by atoms with E-state index in [0.717, 1.165) is 18.2 Å². The largest absolute Gasteiger partial charge is 0.480 e. The molecule has 0 saturated carbocycles. The quantitative estimate of drug-likeness (QED) is 0.729. The topological polar surface area (TPSA) is 109 Å². The number of hydrogen-bond donors (Lipinski definition) is 3. The van der Waals surface area contributed by atoms with Gasteiger partial charge in [0.05, 0.1) is 10.5 Å². The summed E-state index contributed by atoms with van der Waals surface area (Å²) in [5.74, 6) is -1.58. The average Bonchev–Trinajstić information content (AvgIpc) is 2.34. The first-order valence-corrected chi connectivity index (χ1v) is 6.69. The molecule has 0 amide bonds. The van der Waals surface area contributed by atoms with Crippen LogP contribution in [0.3, 0.4) is 0 Å². The molecule has 0 spiro atoms. The van der Waals surface area contributed by atoms with Crippen LogP contribution in [0.2, 0.25) is 0 Å². The summed E-state index contributed by atoms with van der Waals surface area (Å²) in [6, 6.07) is 1.75. The van der Waals surface area contributed by atoms with Crippen LogP contribution in [0.4, 0.5) is 13.2 Å². The summed E-state index contributed by atoms with van der Waals surface area (Å²) in [6.45, 7) is -0.594. The van der Waals surface area contributed by atoms with Gasteiger partial charge in [-0.2, -0.15) is 17.9 Å². The Hall–Kier alpha value is -1.65. The molecule has 0 aliphatic carbocycles. The Bertz CT molecular complexity index is 601. The van der Waals surface area contributed by atoms with Crippen molar-refractivity contribution in [3.8, 4) is 0 Å². The summed E-state index contributed by atoms with van der Waals surface area (Å²) in [5, 5.41) is 8.68. The summed E-state index contributed by atoms with van der Waals surface area (Å²) < 4.78 is 63.5. The van der Waals surface area contributed by atoms with Crippen LogP contribution in [-0.4, -0.2) is 32.1 Å². The highest BCUT2D eigenvalue weighted by Crippen LogP contribution is 2.33. The summed E-state index contributed by atoms with van der Waals surface area (Å²) >= 11 is 0. The third kappa shape index (κ3) is 3.68. The van der Waals surface area contributed by atoms with Crippen LogP contribution in [0.15, 0.2) is 29.2 Å². The molecule has 1 atom stereocenters. The van der Waals surface area contributed by atoms with Crippen LogP contribution >= 0.6 is 0 Å². The molecule has 6 nitrogen and oxygen atoms in total. The first kappa shape index (κ1) is 16.4. The predicted octanol–water partition coefficient (Wildman–Crippen LogP) is 0.396. The molecule has 0 fully saturated rings. The molecule has 1 aromatic carbocycles. The van der Waals surface area contributed by atoms with Gasteiger partial charge in [0, 0.05) is 6.54 Å². The zero-order chi connectivity index (χ0) is 15.6. The fourth-order valence-electron chi connectivity index (χ4n) is 1.39. The molecule has 10 heteroatoms. The van der Waals surface area contributed by atoms with Crippen molar-refractivity contribution in [1.29, 1.82) is 0 Å². The highest BCUT2D eigenvalue weighted by atomic mass is 32.2. The van der Waals surface area contributed by atoms with Gasteiger partial charge in [-0.15, -0.1) is 0 Å². The van der Waals surface area contributed by atoms with E-state index < -0.39 is 45.2 Å². The lowest BCUT2D eigenvalue weighted by molar-refractivity contribution is -0.140. The molecule has 1 aromatic rings. The van der Waals surface area contributed by atoms with E-state index in [-0.39, 0.29) is 0 Å². The van der Waals surface area contributed by atoms with Crippen molar-refractivity contribution in [2.45, 2.75) is 17.1 Å². The lowest BCUT2D eigenvalue weighted by atomic mass is 10.2. The van der Waals surface area contributed by atoms with Gasteiger partial charge in [-0.25, -0.2) is 8.42 Å². The minimum Gasteiger partial charge on any atom is -0.480 e. The Balaban J connectivity index is 3.27. The molecule has 0 saturated heterocycles. The zero-order valence-corrected chi connectivity index (χ0v) is 10.7. The highest BCUT2D eigenvalue weighted by molar-refractivity contribution is 7.89. The van der Waals surface area contributed by atoms with Crippen LogP contribution in [-0.2, 0) is 21.0 Å². The molecule has 0 aromatic heterocycles. The summed E-state index contributed by atoms with van der Waals surface area (Å²) in [5.41, 5.74) is 3.67. The molecule has 1 unspecified atom stereocenters. The monoisotopic (exact) mass is 312 g/mol. The number of halogens is 3. The Kier molecular flexibility index (Phi) is 4.73. The first-order chi connectivity index (χ1) is 9.09. The van der Waals surface area contributed by atoms with E-state index in [1.807, 2.05) is 0 Å². The smallest absolute Gasteiger partial charge is 0.417 e. The van der Waals surface area contributed by atoms with Crippen LogP contribution in [0.1, 0.15) is 5.56 Å². The Morgan fingerprint density at radius 2 is 1.90 bits per heavy atom. The third-order valence-corrected chi connectivity index (χ3v) is 3.84. The number of carboxylic acid groups (broad SMARTS) is 1. The molecule has 112 valence electrons. The number of nitrogens with two attached hydrogens (primary N) is 1. The molecule has 4 N–H and O–H groups in total. The molecule has 20 heavy (non-hydrogen) atoms. The lowest BCUT2D eigenvalue weighted by Crippen LogP contribution is -2.45. The average molecular weight is 312 g/mol. The number of sulfonamides is 1. The fraction of sp³-hybridized carbons (Fsp3) is 0.300. The number of carbonyl (C=O) groups is 1. The zero-order valence-electron chi connectivity index (χ0n) is 9.89. The van der Waals surface area contributed by atoms with Crippen molar-refractivity contribution >= 4 is 16.0 Å². The van der Waals surface area contributed by atoms with Crippen molar-refractivity contribution in [3.63, 3.8) is 0 Å². The number of aliphatic carboxylic acids is 1. The first-order valence-electron chi connectivity index (χ1n) is 5.21. The minimum absolute atomic E-state index is 0.590. The number of alkyl halides is 3. The van der Waals surface area contributed by atoms with Gasteiger partial charge in [-0.05, 0) is 12.1 Å². The van der Waals surface area contributed by atoms with E-state index >= 15 is 0 Å². The molecule has 1 rings (SSSR count). The number of carboxylic acids is 1. The van der Waals surface area contributed by atoms with Crippen molar-refractivity contribution in [2.75, 3.05) is 6.54 Å². The summed E-state index contributed by atoms with van der Waals surface area (Å²) in [4.78, 5) is 9.64. The maximum Gasteiger partial charge on any atom is 0.417 e. The van der Waals surface area contributed by atoms with Gasteiger partial charge in [0.2, 0.25) is 10.0 Å². The number of nitrogens with one attached hydrogen (secondary N) is 1. The van der Waals surface area contributed by atoms with Gasteiger partial charge in [0.1, 0.15) is 6.04 Å². The molecular weight excluding hydrogens is 301 g/mol. The third-order valence-electron chi connectivity index (χ3n) is 2.31. The second kappa shape index (κ2) is 5.77. The van der Waals surface area contributed by atoms with Gasteiger partial charge in [0.15, 0.2) is 0 Å². The Labute approximate surface area is 112 Å². The Morgan fingerprint density at radius 1 is 1.35 bits per heavy atom. The summed E-state index contributed by atoms with van der Waals surface area (Å²) in [7, 11) is -4.66. The minimum atomic E-state index is -4.88.